The van der Waals surface area contributed by atoms with Crippen molar-refractivity contribution in [1.82, 2.24) is 14.8 Å². The summed E-state index contributed by atoms with van der Waals surface area (Å²) in [6, 6.07) is 3.56. The van der Waals surface area contributed by atoms with Gasteiger partial charge in [-0.3, -0.25) is 9.59 Å². The molecule has 1 aliphatic heterocycles. The quantitative estimate of drug-likeness (QED) is 0.868. The second-order valence-electron chi connectivity index (χ2n) is 5.82. The van der Waals surface area contributed by atoms with Crippen LogP contribution in [0.1, 0.15) is 35.8 Å². The Kier molecular flexibility index (Phi) is 5.74. The Morgan fingerprint density at radius 1 is 1.32 bits per heavy atom. The lowest BCUT2D eigenvalue weighted by atomic mass is 10.1. The zero-order chi connectivity index (χ0) is 16.1. The molecule has 1 aliphatic rings. The first-order valence-electron chi connectivity index (χ1n) is 7.79. The number of hydrogen-bond acceptors (Lipinski definition) is 4. The number of amides is 1. The van der Waals surface area contributed by atoms with Gasteiger partial charge in [-0.25, -0.2) is 0 Å². The summed E-state index contributed by atoms with van der Waals surface area (Å²) in [6.07, 6.45) is 0. The van der Waals surface area contributed by atoms with Crippen LogP contribution in [0.2, 0.25) is 0 Å². The molecule has 0 aliphatic carbocycles. The molecule has 6 heteroatoms. The predicted molar refractivity (Wildman–Crippen MR) is 85.4 cm³/mol. The minimum absolute atomic E-state index is 0.173. The third-order valence-electron chi connectivity index (χ3n) is 3.95. The minimum Gasteiger partial charge on any atom is -0.383 e. The number of aromatic nitrogens is 1. The lowest BCUT2D eigenvalue weighted by molar-refractivity contribution is 0.0732. The van der Waals surface area contributed by atoms with Gasteiger partial charge in [0.05, 0.1) is 6.61 Å². The summed E-state index contributed by atoms with van der Waals surface area (Å²) in [7, 11) is 1.61. The maximum atomic E-state index is 12.7. The van der Waals surface area contributed by atoms with Crippen LogP contribution in [0.25, 0.3) is 0 Å². The number of pyridine rings is 1. The van der Waals surface area contributed by atoms with Gasteiger partial charge in [0.2, 0.25) is 0 Å². The van der Waals surface area contributed by atoms with Crippen molar-refractivity contribution < 1.29 is 9.53 Å². The summed E-state index contributed by atoms with van der Waals surface area (Å²) < 4.78 is 6.76. The highest BCUT2D eigenvalue weighted by Gasteiger charge is 2.22. The molecule has 0 unspecified atom stereocenters. The van der Waals surface area contributed by atoms with Gasteiger partial charge in [0.25, 0.3) is 11.5 Å². The van der Waals surface area contributed by atoms with Crippen molar-refractivity contribution in [2.45, 2.75) is 26.3 Å². The summed E-state index contributed by atoms with van der Waals surface area (Å²) in [5, 5.41) is 3.21. The van der Waals surface area contributed by atoms with E-state index in [0.717, 1.165) is 18.8 Å². The number of nitrogens with zero attached hydrogens (tertiary/aromatic N) is 2. The SMILES string of the molecule is COCCn1c(C(C)C)ccc(C(=O)N2CCNCC2)c1=O. The standard InChI is InChI=1S/C16H25N3O3/c1-12(2)14-5-4-13(16(21)19(14)10-11-22-3)15(20)18-8-6-17-7-9-18/h4-5,12,17H,6-11H2,1-3H3. The van der Waals surface area contributed by atoms with Crippen molar-refractivity contribution >= 4 is 5.91 Å². The Bertz CT molecular complexity index is 574. The fourth-order valence-corrected chi connectivity index (χ4v) is 2.71. The van der Waals surface area contributed by atoms with Gasteiger partial charge in [-0.1, -0.05) is 13.8 Å². The molecule has 2 rings (SSSR count). The fraction of sp³-hybridized carbons (Fsp3) is 0.625. The van der Waals surface area contributed by atoms with Crippen LogP contribution >= 0.6 is 0 Å². The Morgan fingerprint density at radius 2 is 2.00 bits per heavy atom. The van der Waals surface area contributed by atoms with E-state index in [9.17, 15) is 9.59 Å². The van der Waals surface area contributed by atoms with Crippen molar-refractivity contribution in [3.63, 3.8) is 0 Å². The van der Waals surface area contributed by atoms with Crippen LogP contribution < -0.4 is 10.9 Å². The second kappa shape index (κ2) is 7.56. The van der Waals surface area contributed by atoms with Crippen LogP contribution in [-0.4, -0.2) is 55.3 Å². The number of piperazine rings is 1. The van der Waals surface area contributed by atoms with E-state index in [4.69, 9.17) is 4.74 Å². The topological polar surface area (TPSA) is 63.6 Å². The average Bonchev–Trinajstić information content (AvgIpc) is 2.53. The maximum Gasteiger partial charge on any atom is 0.263 e. The number of nitrogens with one attached hydrogen (secondary N) is 1. The van der Waals surface area contributed by atoms with E-state index in [1.165, 1.54) is 0 Å². The first-order chi connectivity index (χ1) is 10.6. The highest BCUT2D eigenvalue weighted by molar-refractivity contribution is 5.94. The van der Waals surface area contributed by atoms with Crippen LogP contribution in [0.15, 0.2) is 16.9 Å². The van der Waals surface area contributed by atoms with E-state index in [1.807, 2.05) is 19.9 Å². The van der Waals surface area contributed by atoms with E-state index in [-0.39, 0.29) is 22.9 Å². The lowest BCUT2D eigenvalue weighted by Crippen LogP contribution is -2.48. The molecule has 122 valence electrons. The van der Waals surface area contributed by atoms with Gasteiger partial charge in [-0.05, 0) is 18.1 Å². The Hall–Kier alpha value is -1.66. The van der Waals surface area contributed by atoms with Gasteiger partial charge < -0.3 is 19.5 Å². The van der Waals surface area contributed by atoms with Crippen molar-refractivity contribution in [3.8, 4) is 0 Å². The molecule has 1 N–H and O–H groups in total. The summed E-state index contributed by atoms with van der Waals surface area (Å²) >= 11 is 0. The number of hydrogen-bond donors (Lipinski definition) is 1. The van der Waals surface area contributed by atoms with Gasteiger partial charge in [-0.15, -0.1) is 0 Å². The normalized spacial score (nSPS) is 15.4. The zero-order valence-electron chi connectivity index (χ0n) is 13.6. The van der Waals surface area contributed by atoms with Gasteiger partial charge in [0.15, 0.2) is 0 Å². The Labute approximate surface area is 131 Å². The van der Waals surface area contributed by atoms with Crippen molar-refractivity contribution in [1.29, 1.82) is 0 Å². The predicted octanol–water partition coefficient (Wildman–Crippen LogP) is 0.664. The Balaban J connectivity index is 2.35. The van der Waals surface area contributed by atoms with E-state index >= 15 is 0 Å². The minimum atomic E-state index is -0.216. The van der Waals surface area contributed by atoms with Crippen LogP contribution in [0.5, 0.6) is 0 Å². The number of carbonyl (C=O) groups is 1. The molecule has 1 aromatic heterocycles. The number of carbonyl (C=O) groups excluding carboxylic acids is 1. The molecular formula is C16H25N3O3. The van der Waals surface area contributed by atoms with Gasteiger partial charge in [0.1, 0.15) is 5.56 Å². The molecule has 0 radical (unpaired) electrons. The molecule has 0 bridgehead atoms. The van der Waals surface area contributed by atoms with Crippen molar-refractivity contribution in [2.75, 3.05) is 39.9 Å². The maximum absolute atomic E-state index is 12.7. The molecule has 1 aromatic rings. The third-order valence-corrected chi connectivity index (χ3v) is 3.95. The summed E-state index contributed by atoms with van der Waals surface area (Å²) in [4.78, 5) is 27.0. The largest absolute Gasteiger partial charge is 0.383 e. The molecule has 0 saturated carbocycles. The van der Waals surface area contributed by atoms with E-state index in [1.54, 1.807) is 22.6 Å². The van der Waals surface area contributed by atoms with Crippen LogP contribution in [0.4, 0.5) is 0 Å². The molecule has 1 fully saturated rings. The highest BCUT2D eigenvalue weighted by Crippen LogP contribution is 2.14. The number of rotatable bonds is 5. The monoisotopic (exact) mass is 307 g/mol. The van der Waals surface area contributed by atoms with Crippen LogP contribution in [0, 0.1) is 0 Å². The molecular weight excluding hydrogens is 282 g/mol. The second-order valence-corrected chi connectivity index (χ2v) is 5.82. The molecule has 22 heavy (non-hydrogen) atoms. The third kappa shape index (κ3) is 3.56. The summed E-state index contributed by atoms with van der Waals surface area (Å²) in [6.45, 7) is 7.81. The molecule has 6 nitrogen and oxygen atoms in total. The van der Waals surface area contributed by atoms with Crippen LogP contribution in [0.3, 0.4) is 0 Å². The van der Waals surface area contributed by atoms with Crippen molar-refractivity contribution in [2.24, 2.45) is 0 Å². The molecule has 1 amide bonds. The molecule has 2 heterocycles. The smallest absolute Gasteiger partial charge is 0.263 e. The van der Waals surface area contributed by atoms with E-state index < -0.39 is 0 Å². The summed E-state index contributed by atoms with van der Waals surface area (Å²) in [5.74, 6) is 0.0425. The Morgan fingerprint density at radius 3 is 2.59 bits per heavy atom. The number of methoxy groups -OCH3 is 1. The highest BCUT2D eigenvalue weighted by atomic mass is 16.5. The fourth-order valence-electron chi connectivity index (χ4n) is 2.71. The molecule has 0 aromatic carbocycles. The molecule has 0 spiro atoms. The van der Waals surface area contributed by atoms with Gasteiger partial charge in [-0.2, -0.15) is 0 Å². The van der Waals surface area contributed by atoms with Crippen molar-refractivity contribution in [3.05, 3.63) is 33.7 Å². The molecule has 0 atom stereocenters. The lowest BCUT2D eigenvalue weighted by Gasteiger charge is -2.27. The molecule has 1 saturated heterocycles. The van der Waals surface area contributed by atoms with Gasteiger partial charge in [0, 0.05) is 45.5 Å². The van der Waals surface area contributed by atoms with E-state index in [0.29, 0.717) is 26.2 Å². The van der Waals surface area contributed by atoms with Crippen LogP contribution in [-0.2, 0) is 11.3 Å². The average molecular weight is 307 g/mol. The zero-order valence-corrected chi connectivity index (χ0v) is 13.6. The first kappa shape index (κ1) is 16.7. The number of ether oxygens (including phenoxy) is 1. The van der Waals surface area contributed by atoms with Gasteiger partial charge >= 0.3 is 0 Å². The summed E-state index contributed by atoms with van der Waals surface area (Å²) in [5.41, 5.74) is 0.966. The first-order valence-corrected chi connectivity index (χ1v) is 7.79. The van der Waals surface area contributed by atoms with E-state index in [2.05, 4.69) is 5.32 Å².